The van der Waals surface area contributed by atoms with Crippen LogP contribution in [0.1, 0.15) is 30.7 Å². The van der Waals surface area contributed by atoms with Gasteiger partial charge < -0.3 is 4.42 Å². The van der Waals surface area contributed by atoms with Crippen molar-refractivity contribution in [2.45, 2.75) is 34.1 Å². The van der Waals surface area contributed by atoms with Crippen molar-refractivity contribution >= 4 is 0 Å². The Balaban J connectivity index is 2.79. The molecule has 1 heterocycles. The van der Waals surface area contributed by atoms with Crippen LogP contribution in [0.4, 0.5) is 0 Å². The summed E-state index contributed by atoms with van der Waals surface area (Å²) in [6.07, 6.45) is 3.01. The molecule has 11 heavy (non-hydrogen) atoms. The van der Waals surface area contributed by atoms with E-state index in [1.54, 1.807) is 0 Å². The summed E-state index contributed by atoms with van der Waals surface area (Å²) in [6, 6.07) is 0. The molecule has 0 bridgehead atoms. The van der Waals surface area contributed by atoms with Crippen molar-refractivity contribution in [2.75, 3.05) is 0 Å². The van der Waals surface area contributed by atoms with Crippen LogP contribution in [-0.4, -0.2) is 0 Å². The third-order valence-corrected chi connectivity index (χ3v) is 2.02. The van der Waals surface area contributed by atoms with Crippen LogP contribution in [0.25, 0.3) is 0 Å². The smallest absolute Gasteiger partial charge is 0.103 e. The maximum atomic E-state index is 5.30. The number of furan rings is 1. The molecule has 0 spiro atoms. The van der Waals surface area contributed by atoms with Gasteiger partial charge in [-0.25, -0.2) is 0 Å². The fourth-order valence-corrected chi connectivity index (χ4v) is 1.20. The number of aryl methyl sites for hydroxylation is 1. The van der Waals surface area contributed by atoms with Gasteiger partial charge in [-0.1, -0.05) is 13.8 Å². The molecule has 0 saturated heterocycles. The minimum atomic E-state index is 0.714. The van der Waals surface area contributed by atoms with Gasteiger partial charge in [0.15, 0.2) is 0 Å². The van der Waals surface area contributed by atoms with Crippen LogP contribution in [0.5, 0.6) is 0 Å². The first-order chi connectivity index (χ1) is 5.11. The molecule has 1 rings (SSSR count). The first kappa shape index (κ1) is 8.38. The van der Waals surface area contributed by atoms with Crippen LogP contribution in [0.3, 0.4) is 0 Å². The lowest BCUT2D eigenvalue weighted by atomic mass is 10.0. The van der Waals surface area contributed by atoms with Crippen molar-refractivity contribution in [3.63, 3.8) is 0 Å². The quantitative estimate of drug-likeness (QED) is 0.634. The van der Waals surface area contributed by atoms with Gasteiger partial charge in [0.1, 0.15) is 5.76 Å². The number of hydrogen-bond donors (Lipinski definition) is 0. The highest BCUT2D eigenvalue weighted by molar-refractivity contribution is 5.25. The van der Waals surface area contributed by atoms with E-state index in [1.807, 2.05) is 13.2 Å². The molecule has 1 heteroatoms. The first-order valence-electron chi connectivity index (χ1n) is 4.15. The standard InChI is InChI=1S/C10H16O/c1-7(2)5-10-6-11-9(4)8(10)3/h6-7H,5H2,1-4H3. The Morgan fingerprint density at radius 1 is 1.36 bits per heavy atom. The SMILES string of the molecule is Cc1occ(CC(C)C)c1C. The van der Waals surface area contributed by atoms with E-state index >= 15 is 0 Å². The van der Waals surface area contributed by atoms with Crippen LogP contribution < -0.4 is 0 Å². The van der Waals surface area contributed by atoms with Gasteiger partial charge in [0.2, 0.25) is 0 Å². The lowest BCUT2D eigenvalue weighted by Crippen LogP contribution is -1.93. The summed E-state index contributed by atoms with van der Waals surface area (Å²) in [4.78, 5) is 0. The molecule has 0 aliphatic carbocycles. The lowest BCUT2D eigenvalue weighted by Gasteiger charge is -2.01. The Morgan fingerprint density at radius 3 is 2.36 bits per heavy atom. The Kier molecular flexibility index (Phi) is 2.38. The summed E-state index contributed by atoms with van der Waals surface area (Å²) in [7, 11) is 0. The molecule has 0 aliphatic heterocycles. The highest BCUT2D eigenvalue weighted by Crippen LogP contribution is 2.18. The monoisotopic (exact) mass is 152 g/mol. The minimum absolute atomic E-state index is 0.714. The van der Waals surface area contributed by atoms with Crippen molar-refractivity contribution in [3.8, 4) is 0 Å². The van der Waals surface area contributed by atoms with Crippen molar-refractivity contribution < 1.29 is 4.42 Å². The topological polar surface area (TPSA) is 13.1 Å². The van der Waals surface area contributed by atoms with Crippen molar-refractivity contribution in [1.82, 2.24) is 0 Å². The first-order valence-corrected chi connectivity index (χ1v) is 4.15. The average Bonchev–Trinajstić information content (AvgIpc) is 2.18. The van der Waals surface area contributed by atoms with E-state index < -0.39 is 0 Å². The molecule has 0 aromatic carbocycles. The van der Waals surface area contributed by atoms with E-state index in [1.165, 1.54) is 11.1 Å². The highest BCUT2D eigenvalue weighted by Gasteiger charge is 2.06. The summed E-state index contributed by atoms with van der Waals surface area (Å²) in [5.74, 6) is 1.77. The van der Waals surface area contributed by atoms with Crippen molar-refractivity contribution in [3.05, 3.63) is 23.2 Å². The minimum Gasteiger partial charge on any atom is -0.469 e. The molecule has 0 fully saturated rings. The molecule has 0 radical (unpaired) electrons. The molecule has 0 aliphatic rings. The van der Waals surface area contributed by atoms with Gasteiger partial charge in [0, 0.05) is 0 Å². The van der Waals surface area contributed by atoms with Gasteiger partial charge in [-0.05, 0) is 37.3 Å². The van der Waals surface area contributed by atoms with Crippen LogP contribution in [0, 0.1) is 19.8 Å². The zero-order valence-electron chi connectivity index (χ0n) is 7.77. The number of hydrogen-bond acceptors (Lipinski definition) is 1. The van der Waals surface area contributed by atoms with Gasteiger partial charge >= 0.3 is 0 Å². The molecular formula is C10H16O. The predicted molar refractivity (Wildman–Crippen MR) is 46.7 cm³/mol. The summed E-state index contributed by atoms with van der Waals surface area (Å²) in [5.41, 5.74) is 2.68. The fourth-order valence-electron chi connectivity index (χ4n) is 1.20. The maximum Gasteiger partial charge on any atom is 0.103 e. The van der Waals surface area contributed by atoms with Gasteiger partial charge in [-0.3, -0.25) is 0 Å². The molecule has 1 nitrogen and oxygen atoms in total. The second-order valence-corrected chi connectivity index (χ2v) is 3.54. The third kappa shape index (κ3) is 1.86. The zero-order valence-corrected chi connectivity index (χ0v) is 7.77. The van der Waals surface area contributed by atoms with E-state index in [2.05, 4.69) is 20.8 Å². The molecule has 0 atom stereocenters. The third-order valence-electron chi connectivity index (χ3n) is 2.02. The van der Waals surface area contributed by atoms with Crippen LogP contribution in [-0.2, 0) is 6.42 Å². The Hall–Kier alpha value is -0.720. The van der Waals surface area contributed by atoms with E-state index in [0.29, 0.717) is 5.92 Å². The largest absolute Gasteiger partial charge is 0.469 e. The zero-order chi connectivity index (χ0) is 8.43. The molecule has 0 amide bonds. The predicted octanol–water partition coefficient (Wildman–Crippen LogP) is 3.09. The van der Waals surface area contributed by atoms with E-state index in [-0.39, 0.29) is 0 Å². The second-order valence-electron chi connectivity index (χ2n) is 3.54. The van der Waals surface area contributed by atoms with E-state index in [0.717, 1.165) is 12.2 Å². The lowest BCUT2D eigenvalue weighted by molar-refractivity contribution is 0.526. The molecule has 0 N–H and O–H groups in total. The molecule has 62 valence electrons. The number of rotatable bonds is 2. The molecular weight excluding hydrogens is 136 g/mol. The second kappa shape index (κ2) is 3.12. The maximum absolute atomic E-state index is 5.30. The summed E-state index contributed by atoms with van der Waals surface area (Å²) >= 11 is 0. The highest BCUT2D eigenvalue weighted by atomic mass is 16.3. The van der Waals surface area contributed by atoms with Crippen molar-refractivity contribution in [2.24, 2.45) is 5.92 Å². The van der Waals surface area contributed by atoms with Crippen LogP contribution in [0.2, 0.25) is 0 Å². The van der Waals surface area contributed by atoms with Crippen molar-refractivity contribution in [1.29, 1.82) is 0 Å². The van der Waals surface area contributed by atoms with E-state index in [4.69, 9.17) is 4.42 Å². The Morgan fingerprint density at radius 2 is 2.00 bits per heavy atom. The summed E-state index contributed by atoms with van der Waals surface area (Å²) < 4.78 is 5.30. The average molecular weight is 152 g/mol. The molecule has 0 unspecified atom stereocenters. The summed E-state index contributed by atoms with van der Waals surface area (Å²) in [6.45, 7) is 8.58. The molecule has 0 saturated carbocycles. The normalized spacial score (nSPS) is 11.0. The fraction of sp³-hybridized carbons (Fsp3) is 0.600. The Labute approximate surface area is 68.4 Å². The van der Waals surface area contributed by atoms with Gasteiger partial charge in [-0.2, -0.15) is 0 Å². The Bertz CT molecular complexity index is 233. The molecule has 1 aromatic rings. The van der Waals surface area contributed by atoms with Gasteiger partial charge in [0.25, 0.3) is 0 Å². The van der Waals surface area contributed by atoms with E-state index in [9.17, 15) is 0 Å². The van der Waals surface area contributed by atoms with Gasteiger partial charge in [0.05, 0.1) is 6.26 Å². The van der Waals surface area contributed by atoms with Gasteiger partial charge in [-0.15, -0.1) is 0 Å². The summed E-state index contributed by atoms with van der Waals surface area (Å²) in [5, 5.41) is 0. The molecule has 1 aromatic heterocycles. The van der Waals surface area contributed by atoms with Crippen LogP contribution in [0.15, 0.2) is 10.7 Å². The van der Waals surface area contributed by atoms with Crippen LogP contribution >= 0.6 is 0 Å².